The molecule has 1 aromatic carbocycles. The van der Waals surface area contributed by atoms with Gasteiger partial charge in [0, 0.05) is 42.3 Å². The van der Waals surface area contributed by atoms with E-state index in [0.29, 0.717) is 23.3 Å². The number of rotatable bonds is 10. The van der Waals surface area contributed by atoms with Gasteiger partial charge >= 0.3 is 51.4 Å². The molecule has 1 amide bonds. The number of hydrogen-bond donors (Lipinski definition) is 0. The molecule has 0 bridgehead atoms. The predicted molar refractivity (Wildman–Crippen MR) is 112 cm³/mol. The molecule has 0 aliphatic carbocycles. The number of carbonyl (C=O) groups is 1. The van der Waals surface area contributed by atoms with Gasteiger partial charge in [-0.05, 0) is 66.8 Å². The van der Waals surface area contributed by atoms with Gasteiger partial charge in [-0.15, -0.1) is 0 Å². The van der Waals surface area contributed by atoms with Gasteiger partial charge < -0.3 is 14.0 Å². The van der Waals surface area contributed by atoms with Crippen LogP contribution in [0.4, 0.5) is 0 Å². The molecule has 0 spiro atoms. The SMILES string of the molecule is CCC(CC(CCC(C)c1ccc(S(=O)[O-])cc1)N1CCCC1=O)n1ccnc1.[K+]. The molecular formula is C22H30KN3O3S. The maximum absolute atomic E-state index is 12.4. The summed E-state index contributed by atoms with van der Waals surface area (Å²) in [4.78, 5) is 19.0. The van der Waals surface area contributed by atoms with Crippen molar-refractivity contribution in [3.8, 4) is 0 Å². The molecule has 158 valence electrons. The van der Waals surface area contributed by atoms with Crippen LogP contribution in [0.3, 0.4) is 0 Å². The third kappa shape index (κ3) is 6.82. The summed E-state index contributed by atoms with van der Waals surface area (Å²) in [5, 5.41) is 0. The summed E-state index contributed by atoms with van der Waals surface area (Å²) in [5.41, 5.74) is 1.13. The van der Waals surface area contributed by atoms with Crippen LogP contribution in [0.15, 0.2) is 47.9 Å². The summed E-state index contributed by atoms with van der Waals surface area (Å²) in [6.45, 7) is 5.19. The maximum atomic E-state index is 12.4. The fourth-order valence-corrected chi connectivity index (χ4v) is 4.63. The van der Waals surface area contributed by atoms with Crippen LogP contribution >= 0.6 is 0 Å². The van der Waals surface area contributed by atoms with Crippen molar-refractivity contribution in [1.82, 2.24) is 14.5 Å². The zero-order valence-corrected chi connectivity index (χ0v) is 22.1. The van der Waals surface area contributed by atoms with Gasteiger partial charge in [-0.1, -0.05) is 26.0 Å². The second-order valence-electron chi connectivity index (χ2n) is 7.93. The maximum Gasteiger partial charge on any atom is 1.00 e. The van der Waals surface area contributed by atoms with Crippen LogP contribution in [-0.4, -0.2) is 41.7 Å². The summed E-state index contributed by atoms with van der Waals surface area (Å²) < 4.78 is 24.3. The van der Waals surface area contributed by atoms with E-state index in [-0.39, 0.29) is 63.3 Å². The fourth-order valence-electron chi connectivity index (χ4n) is 4.27. The summed E-state index contributed by atoms with van der Waals surface area (Å²) in [5.74, 6) is 0.572. The van der Waals surface area contributed by atoms with Gasteiger partial charge in [-0.2, -0.15) is 0 Å². The van der Waals surface area contributed by atoms with Crippen molar-refractivity contribution in [2.24, 2.45) is 0 Å². The van der Waals surface area contributed by atoms with Crippen molar-refractivity contribution < 1.29 is 64.9 Å². The zero-order valence-electron chi connectivity index (χ0n) is 18.2. The molecular weight excluding hydrogens is 425 g/mol. The van der Waals surface area contributed by atoms with Crippen LogP contribution in [0.25, 0.3) is 0 Å². The van der Waals surface area contributed by atoms with Crippen LogP contribution in [0.1, 0.15) is 69.9 Å². The van der Waals surface area contributed by atoms with Gasteiger partial charge in [-0.25, -0.2) is 4.98 Å². The van der Waals surface area contributed by atoms with Crippen LogP contribution < -0.4 is 51.4 Å². The molecule has 1 aliphatic heterocycles. The fraction of sp³-hybridized carbons (Fsp3) is 0.545. The van der Waals surface area contributed by atoms with Crippen LogP contribution in [0.5, 0.6) is 0 Å². The number of nitrogens with zero attached hydrogens (tertiary/aromatic N) is 3. The van der Waals surface area contributed by atoms with Crippen molar-refractivity contribution in [2.75, 3.05) is 6.54 Å². The standard InChI is InChI=1S/C22H31N3O3S.K/c1-3-19(24-14-12-23-16-24)15-20(25-13-4-5-22(25)26)9-6-17(2)18-7-10-21(11-8-18)29(27)28;/h7-8,10-12,14,16-17,19-20H,3-6,9,13,15H2,1-2H3,(H,27,28);/q;+1/p-1. The third-order valence-corrected chi connectivity index (χ3v) is 6.74. The minimum Gasteiger partial charge on any atom is -0.768 e. The zero-order chi connectivity index (χ0) is 20.8. The second kappa shape index (κ2) is 12.6. The van der Waals surface area contributed by atoms with E-state index in [0.717, 1.165) is 44.2 Å². The molecule has 1 fully saturated rings. The summed E-state index contributed by atoms with van der Waals surface area (Å²) in [6, 6.07) is 7.65. The molecule has 8 heteroatoms. The van der Waals surface area contributed by atoms with Crippen molar-refractivity contribution >= 4 is 17.0 Å². The van der Waals surface area contributed by atoms with Crippen LogP contribution in [-0.2, 0) is 15.9 Å². The van der Waals surface area contributed by atoms with E-state index in [2.05, 4.69) is 28.3 Å². The molecule has 6 nitrogen and oxygen atoms in total. The van der Waals surface area contributed by atoms with E-state index < -0.39 is 11.1 Å². The van der Waals surface area contributed by atoms with Gasteiger partial charge in [0.1, 0.15) is 0 Å². The van der Waals surface area contributed by atoms with E-state index in [1.165, 1.54) is 0 Å². The van der Waals surface area contributed by atoms with Gasteiger partial charge in [0.05, 0.1) is 6.33 Å². The molecule has 0 saturated carbocycles. The Kier molecular flexibility index (Phi) is 10.9. The van der Waals surface area contributed by atoms with Gasteiger partial charge in [0.2, 0.25) is 5.91 Å². The van der Waals surface area contributed by atoms with Crippen molar-refractivity contribution in [3.63, 3.8) is 0 Å². The molecule has 1 aromatic heterocycles. The average Bonchev–Trinajstić information content (AvgIpc) is 3.40. The molecule has 30 heavy (non-hydrogen) atoms. The Morgan fingerprint density at radius 3 is 2.47 bits per heavy atom. The summed E-state index contributed by atoms with van der Waals surface area (Å²) in [6.07, 6.45) is 11.1. The number of likely N-dealkylation sites (tertiary alicyclic amines) is 1. The van der Waals surface area contributed by atoms with Crippen LogP contribution in [0.2, 0.25) is 0 Å². The Balaban J connectivity index is 0.00000320. The Morgan fingerprint density at radius 2 is 1.93 bits per heavy atom. The molecule has 1 aliphatic rings. The molecule has 0 radical (unpaired) electrons. The topological polar surface area (TPSA) is 78.3 Å². The Hall–Kier alpha value is -0.354. The largest absolute Gasteiger partial charge is 1.00 e. The molecule has 1 saturated heterocycles. The first-order valence-electron chi connectivity index (χ1n) is 10.5. The number of benzene rings is 1. The smallest absolute Gasteiger partial charge is 0.768 e. The number of amides is 1. The normalized spacial score (nSPS) is 18.0. The van der Waals surface area contributed by atoms with Crippen LogP contribution in [0, 0.1) is 0 Å². The third-order valence-electron chi connectivity index (χ3n) is 6.09. The van der Waals surface area contributed by atoms with Crippen molar-refractivity contribution in [2.45, 2.75) is 75.3 Å². The van der Waals surface area contributed by atoms with Crippen molar-refractivity contribution in [1.29, 1.82) is 0 Å². The average molecular weight is 456 g/mol. The number of imidazole rings is 1. The first-order chi connectivity index (χ1) is 14.0. The van der Waals surface area contributed by atoms with Crippen molar-refractivity contribution in [3.05, 3.63) is 48.5 Å². The Bertz CT molecular complexity index is 814. The molecule has 3 rings (SSSR count). The molecule has 2 heterocycles. The van der Waals surface area contributed by atoms with E-state index in [9.17, 15) is 13.6 Å². The second-order valence-corrected chi connectivity index (χ2v) is 8.88. The van der Waals surface area contributed by atoms with Gasteiger partial charge in [-0.3, -0.25) is 9.00 Å². The van der Waals surface area contributed by atoms with E-state index in [1.807, 2.05) is 24.7 Å². The van der Waals surface area contributed by atoms with E-state index in [4.69, 9.17) is 0 Å². The monoisotopic (exact) mass is 455 g/mol. The Labute approximate surface area is 224 Å². The minimum atomic E-state index is -2.19. The summed E-state index contributed by atoms with van der Waals surface area (Å²) >= 11 is -2.19. The minimum absolute atomic E-state index is 0. The number of carbonyl (C=O) groups excluding carboxylic acids is 1. The molecule has 0 N–H and O–H groups in total. The quantitative estimate of drug-likeness (QED) is 0.396. The first kappa shape index (κ1) is 25.9. The number of hydrogen-bond acceptors (Lipinski definition) is 4. The number of aromatic nitrogens is 2. The van der Waals surface area contributed by atoms with Gasteiger partial charge in [0.25, 0.3) is 0 Å². The van der Waals surface area contributed by atoms with E-state index >= 15 is 0 Å². The Morgan fingerprint density at radius 1 is 1.20 bits per heavy atom. The molecule has 2 aromatic rings. The summed E-state index contributed by atoms with van der Waals surface area (Å²) in [7, 11) is 0. The van der Waals surface area contributed by atoms with Gasteiger partial charge in [0.15, 0.2) is 0 Å². The first-order valence-corrected chi connectivity index (χ1v) is 11.5. The predicted octanol–water partition coefficient (Wildman–Crippen LogP) is 1.04. The van der Waals surface area contributed by atoms with E-state index in [1.54, 1.807) is 18.3 Å². The molecule has 4 unspecified atom stereocenters. The molecule has 4 atom stereocenters.